The second-order valence-corrected chi connectivity index (χ2v) is 7.38. The number of nitrogens with one attached hydrogen (secondary N) is 1. The molecule has 3 unspecified atom stereocenters. The number of nitrogens with zero attached hydrogens (tertiary/aromatic N) is 4. The van der Waals surface area contributed by atoms with Crippen LogP contribution in [0.1, 0.15) is 29.6 Å². The first-order chi connectivity index (χ1) is 12.6. The highest BCUT2D eigenvalue weighted by molar-refractivity contribution is 14.0. The van der Waals surface area contributed by atoms with Gasteiger partial charge in [-0.15, -0.1) is 24.0 Å². The summed E-state index contributed by atoms with van der Waals surface area (Å²) in [5.41, 5.74) is 2.40. The predicted molar refractivity (Wildman–Crippen MR) is 118 cm³/mol. The van der Waals surface area contributed by atoms with Crippen LogP contribution in [0.25, 0.3) is 0 Å². The number of rotatable bonds is 3. The van der Waals surface area contributed by atoms with Gasteiger partial charge in [-0.2, -0.15) is 5.10 Å². The number of aromatic nitrogens is 2. The molecule has 146 valence electrons. The van der Waals surface area contributed by atoms with Crippen molar-refractivity contribution in [3.8, 4) is 0 Å². The number of aryl methyl sites for hydroxylation is 1. The number of hydrogen-bond donors (Lipinski definition) is 1. The Labute approximate surface area is 181 Å². The molecule has 1 saturated carbocycles. The Bertz CT molecular complexity index is 811. The molecule has 1 saturated heterocycles. The second kappa shape index (κ2) is 8.79. The number of ether oxygens (including phenoxy) is 1. The number of benzene rings is 1. The van der Waals surface area contributed by atoms with E-state index in [1.54, 1.807) is 0 Å². The van der Waals surface area contributed by atoms with E-state index in [4.69, 9.17) is 16.3 Å². The van der Waals surface area contributed by atoms with Crippen LogP contribution < -0.4 is 5.32 Å². The van der Waals surface area contributed by atoms with Crippen LogP contribution in [-0.4, -0.2) is 53.4 Å². The third kappa shape index (κ3) is 4.75. The topological polar surface area (TPSA) is 54.7 Å². The summed E-state index contributed by atoms with van der Waals surface area (Å²) in [6.45, 7) is 2.30. The molecule has 4 rings (SSSR count). The molecule has 1 aliphatic heterocycles. The van der Waals surface area contributed by atoms with Crippen molar-refractivity contribution < 1.29 is 4.74 Å². The lowest BCUT2D eigenvalue weighted by Gasteiger charge is -2.34. The third-order valence-corrected chi connectivity index (χ3v) is 5.29. The molecule has 0 spiro atoms. The predicted octanol–water partition coefficient (Wildman–Crippen LogP) is 3.20. The van der Waals surface area contributed by atoms with Crippen LogP contribution in [0.5, 0.6) is 0 Å². The molecule has 2 fully saturated rings. The number of morpholine rings is 1. The summed E-state index contributed by atoms with van der Waals surface area (Å²) in [6, 6.07) is 8.55. The standard InChI is InChI=1S/C19H24ClN5O.HI/c1-21-19(23-17-9-16(17)13-4-3-5-15(20)8-13)25-6-7-26-18(12-25)14-10-22-24(2)11-14;/h3-5,8,10-11,16-18H,6-7,9,12H2,1-2H3,(H,21,23);1H. The zero-order chi connectivity index (χ0) is 18.1. The minimum absolute atomic E-state index is 0. The first-order valence-corrected chi connectivity index (χ1v) is 9.35. The van der Waals surface area contributed by atoms with Gasteiger partial charge in [0.2, 0.25) is 0 Å². The molecule has 27 heavy (non-hydrogen) atoms. The number of halogens is 2. The minimum atomic E-state index is 0. The van der Waals surface area contributed by atoms with Crippen LogP contribution in [-0.2, 0) is 11.8 Å². The van der Waals surface area contributed by atoms with E-state index < -0.39 is 0 Å². The Balaban J connectivity index is 0.00000210. The van der Waals surface area contributed by atoms with Gasteiger partial charge in [-0.05, 0) is 24.1 Å². The van der Waals surface area contributed by atoms with E-state index in [0.29, 0.717) is 18.6 Å². The molecule has 1 N–H and O–H groups in total. The van der Waals surface area contributed by atoms with Crippen molar-refractivity contribution in [1.29, 1.82) is 0 Å². The Kier molecular flexibility index (Phi) is 6.65. The van der Waals surface area contributed by atoms with Crippen LogP contribution in [0.15, 0.2) is 41.7 Å². The summed E-state index contributed by atoms with van der Waals surface area (Å²) in [5.74, 6) is 1.44. The highest BCUT2D eigenvalue weighted by atomic mass is 127. The van der Waals surface area contributed by atoms with Gasteiger partial charge < -0.3 is 15.0 Å². The van der Waals surface area contributed by atoms with E-state index in [1.165, 1.54) is 5.56 Å². The molecule has 0 radical (unpaired) electrons. The fraction of sp³-hybridized carbons (Fsp3) is 0.474. The molecule has 2 heterocycles. The maximum atomic E-state index is 6.12. The van der Waals surface area contributed by atoms with Gasteiger partial charge >= 0.3 is 0 Å². The molecular formula is C19H25ClIN5O. The highest BCUT2D eigenvalue weighted by Gasteiger charge is 2.40. The normalized spacial score (nSPS) is 25.1. The molecule has 0 bridgehead atoms. The van der Waals surface area contributed by atoms with Crippen LogP contribution in [0, 0.1) is 0 Å². The van der Waals surface area contributed by atoms with Crippen LogP contribution in [0.2, 0.25) is 5.02 Å². The van der Waals surface area contributed by atoms with E-state index >= 15 is 0 Å². The van der Waals surface area contributed by atoms with Crippen LogP contribution in [0.4, 0.5) is 0 Å². The quantitative estimate of drug-likeness (QED) is 0.399. The van der Waals surface area contributed by atoms with Crippen LogP contribution >= 0.6 is 35.6 Å². The van der Waals surface area contributed by atoms with Crippen molar-refractivity contribution >= 4 is 41.5 Å². The smallest absolute Gasteiger partial charge is 0.194 e. The summed E-state index contributed by atoms with van der Waals surface area (Å²) < 4.78 is 7.74. The number of aliphatic imine (C=N–C) groups is 1. The van der Waals surface area contributed by atoms with Crippen molar-refractivity contribution in [1.82, 2.24) is 20.0 Å². The summed E-state index contributed by atoms with van der Waals surface area (Å²) in [4.78, 5) is 6.77. The van der Waals surface area contributed by atoms with Gasteiger partial charge in [0, 0.05) is 49.4 Å². The average molecular weight is 502 g/mol. The molecule has 6 nitrogen and oxygen atoms in total. The molecular weight excluding hydrogens is 477 g/mol. The maximum absolute atomic E-state index is 6.12. The van der Waals surface area contributed by atoms with E-state index in [-0.39, 0.29) is 30.1 Å². The maximum Gasteiger partial charge on any atom is 0.194 e. The van der Waals surface area contributed by atoms with Gasteiger partial charge in [0.05, 0.1) is 19.3 Å². The van der Waals surface area contributed by atoms with Gasteiger partial charge in [-0.1, -0.05) is 23.7 Å². The number of hydrogen-bond acceptors (Lipinski definition) is 3. The Morgan fingerprint density at radius 3 is 2.93 bits per heavy atom. The largest absolute Gasteiger partial charge is 0.370 e. The molecule has 2 aliphatic rings. The Morgan fingerprint density at radius 2 is 2.22 bits per heavy atom. The second-order valence-electron chi connectivity index (χ2n) is 6.95. The lowest BCUT2D eigenvalue weighted by atomic mass is 10.1. The number of guanidine groups is 1. The highest BCUT2D eigenvalue weighted by Crippen LogP contribution is 2.41. The lowest BCUT2D eigenvalue weighted by molar-refractivity contribution is -0.00806. The molecule has 1 aromatic carbocycles. The van der Waals surface area contributed by atoms with Gasteiger partial charge in [-0.3, -0.25) is 9.67 Å². The monoisotopic (exact) mass is 501 g/mol. The zero-order valence-corrected chi connectivity index (χ0v) is 18.6. The van der Waals surface area contributed by atoms with Crippen LogP contribution in [0.3, 0.4) is 0 Å². The Hall–Kier alpha value is -1.32. The van der Waals surface area contributed by atoms with E-state index in [2.05, 4.69) is 32.4 Å². The van der Waals surface area contributed by atoms with E-state index in [1.807, 2.05) is 43.3 Å². The van der Waals surface area contributed by atoms with E-state index in [0.717, 1.165) is 36.1 Å². The zero-order valence-electron chi connectivity index (χ0n) is 15.5. The molecule has 1 aromatic heterocycles. The molecule has 3 atom stereocenters. The summed E-state index contributed by atoms with van der Waals surface area (Å²) in [7, 11) is 3.77. The van der Waals surface area contributed by atoms with Crippen molar-refractivity contribution in [3.05, 3.63) is 52.8 Å². The molecule has 8 heteroatoms. The SMILES string of the molecule is CN=C(NC1CC1c1cccc(Cl)c1)N1CCOC(c2cnn(C)c2)C1.I. The van der Waals surface area contributed by atoms with Gasteiger partial charge in [0.15, 0.2) is 5.96 Å². The fourth-order valence-electron chi connectivity index (χ4n) is 3.57. The third-order valence-electron chi connectivity index (χ3n) is 5.06. The fourth-order valence-corrected chi connectivity index (χ4v) is 3.77. The first kappa shape index (κ1) is 20.4. The molecule has 2 aromatic rings. The summed E-state index contributed by atoms with van der Waals surface area (Å²) in [5, 5.41) is 8.66. The average Bonchev–Trinajstić information content (AvgIpc) is 3.30. The molecule has 1 aliphatic carbocycles. The van der Waals surface area contributed by atoms with Gasteiger partial charge in [0.1, 0.15) is 6.10 Å². The first-order valence-electron chi connectivity index (χ1n) is 8.98. The summed E-state index contributed by atoms with van der Waals surface area (Å²) >= 11 is 6.12. The van der Waals surface area contributed by atoms with Crippen molar-refractivity contribution in [2.75, 3.05) is 26.7 Å². The van der Waals surface area contributed by atoms with Crippen molar-refractivity contribution in [2.24, 2.45) is 12.0 Å². The lowest BCUT2D eigenvalue weighted by Crippen LogP contribution is -2.48. The van der Waals surface area contributed by atoms with E-state index in [9.17, 15) is 0 Å². The van der Waals surface area contributed by atoms with Crippen molar-refractivity contribution in [3.63, 3.8) is 0 Å². The minimum Gasteiger partial charge on any atom is -0.370 e. The molecule has 0 amide bonds. The summed E-state index contributed by atoms with van der Waals surface area (Å²) in [6.07, 6.45) is 5.02. The van der Waals surface area contributed by atoms with Crippen molar-refractivity contribution in [2.45, 2.75) is 24.5 Å². The Morgan fingerprint density at radius 1 is 1.37 bits per heavy atom. The van der Waals surface area contributed by atoms with Gasteiger partial charge in [-0.25, -0.2) is 0 Å². The van der Waals surface area contributed by atoms with Gasteiger partial charge in [0.25, 0.3) is 0 Å².